The molecule has 1 saturated carbocycles. The first kappa shape index (κ1) is 16.8. The van der Waals surface area contributed by atoms with Gasteiger partial charge in [-0.2, -0.15) is 0 Å². The van der Waals surface area contributed by atoms with E-state index in [0.717, 1.165) is 69.4 Å². The third kappa shape index (κ3) is 3.24. The number of likely N-dealkylation sites (tertiary alicyclic amines) is 1. The number of hydrogen-bond donors (Lipinski definition) is 1. The van der Waals surface area contributed by atoms with E-state index < -0.39 is 0 Å². The SMILES string of the molecule is CC(C)N1CCc2c(nc([C@@H]3CCCCN3C(=O)C3CC3)[nH]c2=O)C1. The number of nitrogens with one attached hydrogen (secondary N) is 1. The highest BCUT2D eigenvalue weighted by Gasteiger charge is 2.38. The summed E-state index contributed by atoms with van der Waals surface area (Å²) in [6.07, 6.45) is 5.81. The van der Waals surface area contributed by atoms with Gasteiger partial charge in [0.05, 0.1) is 11.7 Å². The molecule has 1 amide bonds. The zero-order valence-electron chi connectivity index (χ0n) is 15.3. The first-order chi connectivity index (χ1) is 12.0. The van der Waals surface area contributed by atoms with E-state index >= 15 is 0 Å². The number of rotatable bonds is 3. The van der Waals surface area contributed by atoms with Crippen LogP contribution in [-0.4, -0.2) is 44.8 Å². The summed E-state index contributed by atoms with van der Waals surface area (Å²) in [7, 11) is 0. The largest absolute Gasteiger partial charge is 0.332 e. The smallest absolute Gasteiger partial charge is 0.254 e. The van der Waals surface area contributed by atoms with Crippen molar-refractivity contribution in [2.75, 3.05) is 13.1 Å². The summed E-state index contributed by atoms with van der Waals surface area (Å²) in [5.41, 5.74) is 1.73. The molecule has 4 rings (SSSR count). The van der Waals surface area contributed by atoms with E-state index in [1.165, 1.54) is 0 Å². The van der Waals surface area contributed by atoms with Gasteiger partial charge in [-0.25, -0.2) is 4.98 Å². The first-order valence-electron chi connectivity index (χ1n) is 9.71. The lowest BCUT2D eigenvalue weighted by Gasteiger charge is -2.36. The van der Waals surface area contributed by atoms with Crippen molar-refractivity contribution in [1.82, 2.24) is 19.8 Å². The molecule has 3 aliphatic rings. The molecule has 1 atom stereocenters. The number of aromatic nitrogens is 2. The maximum Gasteiger partial charge on any atom is 0.254 e. The second-order valence-electron chi connectivity index (χ2n) is 8.01. The van der Waals surface area contributed by atoms with E-state index in [-0.39, 0.29) is 23.4 Å². The number of carbonyl (C=O) groups is 1. The number of carbonyl (C=O) groups excluding carboxylic acids is 1. The Morgan fingerprint density at radius 3 is 2.72 bits per heavy atom. The predicted molar refractivity (Wildman–Crippen MR) is 95.1 cm³/mol. The van der Waals surface area contributed by atoms with Crippen LogP contribution in [0.25, 0.3) is 0 Å². The van der Waals surface area contributed by atoms with Crippen molar-refractivity contribution in [1.29, 1.82) is 0 Å². The molecule has 25 heavy (non-hydrogen) atoms. The van der Waals surface area contributed by atoms with Crippen molar-refractivity contribution in [3.05, 3.63) is 27.4 Å². The summed E-state index contributed by atoms with van der Waals surface area (Å²) >= 11 is 0. The van der Waals surface area contributed by atoms with Crippen molar-refractivity contribution in [3.63, 3.8) is 0 Å². The maximum absolute atomic E-state index is 12.7. The van der Waals surface area contributed by atoms with Crippen LogP contribution in [0.5, 0.6) is 0 Å². The normalized spacial score (nSPS) is 24.4. The van der Waals surface area contributed by atoms with Crippen molar-refractivity contribution >= 4 is 5.91 Å². The summed E-state index contributed by atoms with van der Waals surface area (Å²) in [4.78, 5) is 37.5. The summed E-state index contributed by atoms with van der Waals surface area (Å²) < 4.78 is 0. The van der Waals surface area contributed by atoms with E-state index in [2.05, 4.69) is 23.7 Å². The quantitative estimate of drug-likeness (QED) is 0.910. The Morgan fingerprint density at radius 1 is 1.20 bits per heavy atom. The molecule has 6 nitrogen and oxygen atoms in total. The van der Waals surface area contributed by atoms with E-state index in [4.69, 9.17) is 4.98 Å². The third-order valence-corrected chi connectivity index (χ3v) is 5.88. The minimum absolute atomic E-state index is 0.00667. The van der Waals surface area contributed by atoms with Gasteiger partial charge in [-0.05, 0) is 52.4 Å². The fourth-order valence-electron chi connectivity index (χ4n) is 4.12. The van der Waals surface area contributed by atoms with E-state index in [1.54, 1.807) is 0 Å². The molecule has 0 unspecified atom stereocenters. The number of piperidine rings is 1. The van der Waals surface area contributed by atoms with Crippen LogP contribution in [0.1, 0.15) is 69.1 Å². The van der Waals surface area contributed by atoms with Gasteiger partial charge in [-0.3, -0.25) is 14.5 Å². The predicted octanol–water partition coefficient (Wildman–Crippen LogP) is 2.00. The van der Waals surface area contributed by atoms with Crippen LogP contribution in [0.4, 0.5) is 0 Å². The van der Waals surface area contributed by atoms with Crippen LogP contribution in [-0.2, 0) is 17.8 Å². The summed E-state index contributed by atoms with van der Waals surface area (Å²) in [5.74, 6) is 1.17. The Kier molecular flexibility index (Phi) is 4.40. The molecule has 6 heteroatoms. The monoisotopic (exact) mass is 344 g/mol. The van der Waals surface area contributed by atoms with Crippen molar-refractivity contribution < 1.29 is 4.79 Å². The lowest BCUT2D eigenvalue weighted by molar-refractivity contribution is -0.136. The Hall–Kier alpha value is -1.69. The van der Waals surface area contributed by atoms with Gasteiger partial charge in [0, 0.05) is 37.2 Å². The van der Waals surface area contributed by atoms with Gasteiger partial charge in [0.1, 0.15) is 5.82 Å². The number of nitrogens with zero attached hydrogens (tertiary/aromatic N) is 3. The van der Waals surface area contributed by atoms with Crippen LogP contribution in [0.15, 0.2) is 4.79 Å². The van der Waals surface area contributed by atoms with E-state index in [0.29, 0.717) is 11.9 Å². The highest BCUT2D eigenvalue weighted by molar-refractivity contribution is 5.81. The minimum atomic E-state index is -0.0609. The van der Waals surface area contributed by atoms with Gasteiger partial charge < -0.3 is 9.88 Å². The molecule has 1 aromatic rings. The summed E-state index contributed by atoms with van der Waals surface area (Å²) in [6.45, 7) is 6.78. The average Bonchev–Trinajstić information content (AvgIpc) is 3.45. The number of fused-ring (bicyclic) bond motifs is 1. The van der Waals surface area contributed by atoms with Crippen LogP contribution in [0.3, 0.4) is 0 Å². The van der Waals surface area contributed by atoms with E-state index in [9.17, 15) is 9.59 Å². The maximum atomic E-state index is 12.7. The first-order valence-corrected chi connectivity index (χ1v) is 9.71. The molecule has 1 N–H and O–H groups in total. The van der Waals surface area contributed by atoms with Gasteiger partial charge in [0.15, 0.2) is 0 Å². The number of aromatic amines is 1. The van der Waals surface area contributed by atoms with Gasteiger partial charge in [-0.15, -0.1) is 0 Å². The minimum Gasteiger partial charge on any atom is -0.332 e. The molecule has 0 spiro atoms. The van der Waals surface area contributed by atoms with Gasteiger partial charge in [0.25, 0.3) is 5.56 Å². The van der Waals surface area contributed by atoms with Gasteiger partial charge >= 0.3 is 0 Å². The number of H-pyrrole nitrogens is 1. The van der Waals surface area contributed by atoms with Gasteiger partial charge in [0.2, 0.25) is 5.91 Å². The molecule has 2 aliphatic heterocycles. The summed E-state index contributed by atoms with van der Waals surface area (Å²) in [6, 6.07) is 0.384. The Bertz CT molecular complexity index is 723. The highest BCUT2D eigenvalue weighted by atomic mass is 16.2. The fraction of sp³-hybridized carbons (Fsp3) is 0.737. The second kappa shape index (κ2) is 6.56. The molecule has 3 heterocycles. The lowest BCUT2D eigenvalue weighted by Crippen LogP contribution is -2.43. The van der Waals surface area contributed by atoms with Crippen molar-refractivity contribution in [3.8, 4) is 0 Å². The summed E-state index contributed by atoms with van der Waals surface area (Å²) in [5, 5.41) is 0. The zero-order valence-corrected chi connectivity index (χ0v) is 15.3. The lowest BCUT2D eigenvalue weighted by atomic mass is 9.99. The topological polar surface area (TPSA) is 69.3 Å². The molecule has 1 aliphatic carbocycles. The number of amides is 1. The van der Waals surface area contributed by atoms with Crippen LogP contribution in [0, 0.1) is 5.92 Å². The standard InChI is InChI=1S/C19H28N4O2/c1-12(2)22-10-8-14-15(11-22)20-17(21-18(14)24)16-5-3-4-9-23(16)19(25)13-6-7-13/h12-13,16H,3-11H2,1-2H3,(H,20,21,24)/t16-/m0/s1. The Morgan fingerprint density at radius 2 is 2.00 bits per heavy atom. The average molecular weight is 344 g/mol. The molecular weight excluding hydrogens is 316 g/mol. The van der Waals surface area contributed by atoms with Crippen LogP contribution >= 0.6 is 0 Å². The Labute approximate surface area is 148 Å². The number of hydrogen-bond acceptors (Lipinski definition) is 4. The molecule has 0 aromatic carbocycles. The molecule has 136 valence electrons. The van der Waals surface area contributed by atoms with Crippen LogP contribution in [0.2, 0.25) is 0 Å². The van der Waals surface area contributed by atoms with Crippen LogP contribution < -0.4 is 5.56 Å². The highest BCUT2D eigenvalue weighted by Crippen LogP contribution is 2.37. The molecule has 0 bridgehead atoms. The fourth-order valence-corrected chi connectivity index (χ4v) is 4.12. The molecular formula is C19H28N4O2. The molecule has 1 saturated heterocycles. The molecule has 2 fully saturated rings. The van der Waals surface area contributed by atoms with Gasteiger partial charge in [-0.1, -0.05) is 0 Å². The third-order valence-electron chi connectivity index (χ3n) is 5.88. The van der Waals surface area contributed by atoms with E-state index in [1.807, 2.05) is 4.90 Å². The molecule has 0 radical (unpaired) electrons. The Balaban J connectivity index is 1.65. The second-order valence-corrected chi connectivity index (χ2v) is 8.01. The molecule has 1 aromatic heterocycles. The van der Waals surface area contributed by atoms with Crippen molar-refractivity contribution in [2.45, 2.75) is 71.0 Å². The van der Waals surface area contributed by atoms with Crippen molar-refractivity contribution in [2.24, 2.45) is 5.92 Å². The zero-order chi connectivity index (χ0) is 17.6.